The smallest absolute Gasteiger partial charge is 0.0308 e. The van der Waals surface area contributed by atoms with Gasteiger partial charge in [-0.3, -0.25) is 0 Å². The Labute approximate surface area is 115 Å². The van der Waals surface area contributed by atoms with E-state index in [2.05, 4.69) is 36.8 Å². The highest BCUT2D eigenvalue weighted by atomic mass is 14.0. The topological polar surface area (TPSA) is 0 Å². The van der Waals surface area contributed by atoms with Gasteiger partial charge in [-0.15, -0.1) is 6.42 Å². The Morgan fingerprint density at radius 2 is 1.37 bits per heavy atom. The molecule has 0 aliphatic rings. The molecule has 2 aromatic rings. The molecule has 0 heteroatoms. The molecule has 92 valence electrons. The Balaban J connectivity index is 2.40. The third-order valence-electron chi connectivity index (χ3n) is 3.08. The minimum atomic E-state index is 0.913. The first-order valence-corrected chi connectivity index (χ1v) is 6.26. The van der Waals surface area contributed by atoms with Crippen molar-refractivity contribution in [2.24, 2.45) is 0 Å². The molecule has 0 amide bonds. The highest BCUT2D eigenvalue weighted by Gasteiger charge is 2.01. The Morgan fingerprint density at radius 1 is 0.789 bits per heavy atom. The Hall–Kier alpha value is -2.44. The van der Waals surface area contributed by atoms with Gasteiger partial charge in [-0.1, -0.05) is 35.5 Å². The van der Waals surface area contributed by atoms with Crippen LogP contribution in [0.5, 0.6) is 0 Å². The largest absolute Gasteiger partial charge is 0.115 e. The van der Waals surface area contributed by atoms with E-state index in [9.17, 15) is 0 Å². The summed E-state index contributed by atoms with van der Waals surface area (Å²) >= 11 is 0. The van der Waals surface area contributed by atoms with Crippen molar-refractivity contribution in [3.05, 3.63) is 69.8 Å². The standard InChI is InChI=1S/C19H16/c1-5-17-12-15(3)19(16(4)13-17)11-10-18-8-6-14(2)7-9-18/h1,6-9,12-13H,2-4H3. The molecule has 0 nitrogen and oxygen atoms in total. The number of benzene rings is 2. The fourth-order valence-corrected chi connectivity index (χ4v) is 2.02. The zero-order chi connectivity index (χ0) is 13.8. The van der Waals surface area contributed by atoms with E-state index in [1.54, 1.807) is 0 Å². The van der Waals surface area contributed by atoms with Crippen molar-refractivity contribution in [3.8, 4) is 24.2 Å². The molecule has 0 spiro atoms. The Bertz CT molecular complexity index is 675. The molecule has 0 heterocycles. The molecule has 0 atom stereocenters. The molecule has 0 aliphatic heterocycles. The maximum absolute atomic E-state index is 5.43. The van der Waals surface area contributed by atoms with Crippen LogP contribution in [0.3, 0.4) is 0 Å². The van der Waals surface area contributed by atoms with Crippen LogP contribution in [0.2, 0.25) is 0 Å². The number of rotatable bonds is 0. The molecule has 0 fully saturated rings. The van der Waals surface area contributed by atoms with Crippen molar-refractivity contribution < 1.29 is 0 Å². The lowest BCUT2D eigenvalue weighted by Crippen LogP contribution is -1.90. The summed E-state index contributed by atoms with van der Waals surface area (Å²) in [6.07, 6.45) is 5.43. The van der Waals surface area contributed by atoms with E-state index < -0.39 is 0 Å². The van der Waals surface area contributed by atoms with Crippen molar-refractivity contribution >= 4 is 0 Å². The molecule has 2 aromatic carbocycles. The molecule has 0 aromatic heterocycles. The molecular formula is C19H16. The molecule has 0 bridgehead atoms. The zero-order valence-electron chi connectivity index (χ0n) is 11.5. The van der Waals surface area contributed by atoms with Crippen LogP contribution < -0.4 is 0 Å². The summed E-state index contributed by atoms with van der Waals surface area (Å²) in [6, 6.07) is 12.3. The van der Waals surface area contributed by atoms with E-state index in [4.69, 9.17) is 6.42 Å². The quantitative estimate of drug-likeness (QED) is 0.615. The molecule has 0 saturated carbocycles. The first-order chi connectivity index (χ1) is 9.10. The van der Waals surface area contributed by atoms with Crippen LogP contribution >= 0.6 is 0 Å². The molecule has 2 rings (SSSR count). The van der Waals surface area contributed by atoms with Gasteiger partial charge < -0.3 is 0 Å². The molecule has 0 N–H and O–H groups in total. The predicted octanol–water partition coefficient (Wildman–Crippen LogP) is 3.99. The van der Waals surface area contributed by atoms with Crippen molar-refractivity contribution in [1.82, 2.24) is 0 Å². The van der Waals surface area contributed by atoms with Crippen molar-refractivity contribution in [2.75, 3.05) is 0 Å². The van der Waals surface area contributed by atoms with Gasteiger partial charge in [0.25, 0.3) is 0 Å². The van der Waals surface area contributed by atoms with Crippen LogP contribution in [0, 0.1) is 45.0 Å². The first-order valence-electron chi connectivity index (χ1n) is 6.26. The number of aryl methyl sites for hydroxylation is 3. The highest BCUT2D eigenvalue weighted by molar-refractivity contribution is 5.53. The molecule has 0 aliphatic carbocycles. The van der Waals surface area contributed by atoms with Crippen molar-refractivity contribution in [2.45, 2.75) is 20.8 Å². The summed E-state index contributed by atoms with van der Waals surface area (Å²) in [5.74, 6) is 9.12. The lowest BCUT2D eigenvalue weighted by atomic mass is 9.99. The van der Waals surface area contributed by atoms with Gasteiger partial charge in [-0.25, -0.2) is 0 Å². The summed E-state index contributed by atoms with van der Waals surface area (Å²) in [4.78, 5) is 0. The van der Waals surface area contributed by atoms with Gasteiger partial charge in [0.05, 0.1) is 0 Å². The summed E-state index contributed by atoms with van der Waals surface area (Å²) in [5.41, 5.74) is 6.53. The molecular weight excluding hydrogens is 228 g/mol. The average Bonchev–Trinajstić information content (AvgIpc) is 2.39. The van der Waals surface area contributed by atoms with Gasteiger partial charge in [0.1, 0.15) is 0 Å². The maximum atomic E-state index is 5.43. The van der Waals surface area contributed by atoms with Gasteiger partial charge in [0, 0.05) is 16.7 Å². The molecule has 0 unspecified atom stereocenters. The van der Waals surface area contributed by atoms with E-state index in [1.165, 1.54) is 5.56 Å². The van der Waals surface area contributed by atoms with Crippen LogP contribution in [-0.4, -0.2) is 0 Å². The summed E-state index contributed by atoms with van der Waals surface area (Å²) < 4.78 is 0. The van der Waals surface area contributed by atoms with Crippen LogP contribution in [0.1, 0.15) is 33.4 Å². The van der Waals surface area contributed by atoms with E-state index in [-0.39, 0.29) is 0 Å². The van der Waals surface area contributed by atoms with Gasteiger partial charge >= 0.3 is 0 Å². The molecule has 0 saturated heterocycles. The highest BCUT2D eigenvalue weighted by Crippen LogP contribution is 2.15. The van der Waals surface area contributed by atoms with Gasteiger partial charge in [-0.2, -0.15) is 0 Å². The molecule has 0 radical (unpaired) electrons. The second kappa shape index (κ2) is 5.47. The number of hydrogen-bond donors (Lipinski definition) is 0. The number of hydrogen-bond acceptors (Lipinski definition) is 0. The fraction of sp³-hybridized carbons (Fsp3) is 0.158. The van der Waals surface area contributed by atoms with Crippen molar-refractivity contribution in [3.63, 3.8) is 0 Å². The Morgan fingerprint density at radius 3 is 1.89 bits per heavy atom. The van der Waals surface area contributed by atoms with E-state index in [0.717, 1.165) is 27.8 Å². The van der Waals surface area contributed by atoms with E-state index >= 15 is 0 Å². The third-order valence-corrected chi connectivity index (χ3v) is 3.08. The van der Waals surface area contributed by atoms with Gasteiger partial charge in [-0.05, 0) is 56.2 Å². The lowest BCUT2D eigenvalue weighted by Gasteiger charge is -2.04. The van der Waals surface area contributed by atoms with E-state index in [1.807, 2.05) is 38.1 Å². The SMILES string of the molecule is C#Cc1cc(C)c(C#Cc2ccc(C)cc2)c(C)c1. The summed E-state index contributed by atoms with van der Waals surface area (Å²) in [5, 5.41) is 0. The van der Waals surface area contributed by atoms with Crippen molar-refractivity contribution in [1.29, 1.82) is 0 Å². The summed E-state index contributed by atoms with van der Waals surface area (Å²) in [7, 11) is 0. The van der Waals surface area contributed by atoms with Gasteiger partial charge in [0.2, 0.25) is 0 Å². The van der Waals surface area contributed by atoms with Crippen LogP contribution in [0.4, 0.5) is 0 Å². The van der Waals surface area contributed by atoms with Crippen LogP contribution in [-0.2, 0) is 0 Å². The molecule has 19 heavy (non-hydrogen) atoms. The average molecular weight is 244 g/mol. The second-order valence-corrected chi connectivity index (χ2v) is 4.75. The predicted molar refractivity (Wildman–Crippen MR) is 81.0 cm³/mol. The number of terminal acetylenes is 1. The van der Waals surface area contributed by atoms with Crippen LogP contribution in [0.25, 0.3) is 0 Å². The lowest BCUT2D eigenvalue weighted by molar-refractivity contribution is 1.34. The second-order valence-electron chi connectivity index (χ2n) is 4.75. The summed E-state index contributed by atoms with van der Waals surface area (Å²) in [6.45, 7) is 6.17. The van der Waals surface area contributed by atoms with Crippen LogP contribution in [0.15, 0.2) is 36.4 Å². The third kappa shape index (κ3) is 3.06. The van der Waals surface area contributed by atoms with E-state index in [0.29, 0.717) is 0 Å². The van der Waals surface area contributed by atoms with Gasteiger partial charge in [0.15, 0.2) is 0 Å². The maximum Gasteiger partial charge on any atom is 0.0308 e. The zero-order valence-corrected chi connectivity index (χ0v) is 11.5. The minimum Gasteiger partial charge on any atom is -0.115 e. The fourth-order valence-electron chi connectivity index (χ4n) is 2.02. The monoisotopic (exact) mass is 244 g/mol. The first kappa shape index (κ1) is 13.0. The Kier molecular flexibility index (Phi) is 3.74. The normalized spacial score (nSPS) is 9.37. The minimum absolute atomic E-state index is 0.913.